The van der Waals surface area contributed by atoms with Crippen molar-refractivity contribution in [2.45, 2.75) is 19.8 Å². The molecule has 0 atom stereocenters. The Bertz CT molecular complexity index is 567. The van der Waals surface area contributed by atoms with Crippen molar-refractivity contribution in [1.29, 1.82) is 0 Å². The van der Waals surface area contributed by atoms with Crippen LogP contribution in [0.5, 0.6) is 5.75 Å². The van der Waals surface area contributed by atoms with E-state index in [0.29, 0.717) is 5.92 Å². The first kappa shape index (κ1) is 13.3. The van der Waals surface area contributed by atoms with Gasteiger partial charge in [-0.25, -0.2) is 9.97 Å². The fourth-order valence-electron chi connectivity index (χ4n) is 1.92. The van der Waals surface area contributed by atoms with E-state index in [1.807, 2.05) is 13.1 Å². The molecule has 0 unspecified atom stereocenters. The zero-order valence-corrected chi connectivity index (χ0v) is 11.8. The summed E-state index contributed by atoms with van der Waals surface area (Å²) >= 11 is 0. The normalized spacial score (nSPS) is 10.6. The van der Waals surface area contributed by atoms with E-state index >= 15 is 0 Å². The summed E-state index contributed by atoms with van der Waals surface area (Å²) in [5.41, 5.74) is 3.08. The zero-order valence-electron chi connectivity index (χ0n) is 11.8. The molecule has 0 aliphatic heterocycles. The molecule has 19 heavy (non-hydrogen) atoms. The summed E-state index contributed by atoms with van der Waals surface area (Å²) in [7, 11) is 3.52. The quantitative estimate of drug-likeness (QED) is 0.912. The molecular formula is C15H19N3O. The molecule has 0 radical (unpaired) electrons. The maximum atomic E-state index is 5.48. The van der Waals surface area contributed by atoms with E-state index in [0.717, 1.165) is 22.8 Å². The van der Waals surface area contributed by atoms with E-state index in [-0.39, 0.29) is 0 Å². The van der Waals surface area contributed by atoms with Crippen molar-refractivity contribution in [2.24, 2.45) is 0 Å². The number of methoxy groups -OCH3 is 1. The molecule has 0 saturated carbocycles. The Hall–Kier alpha value is -2.10. The van der Waals surface area contributed by atoms with Crippen LogP contribution in [0.3, 0.4) is 0 Å². The van der Waals surface area contributed by atoms with Crippen LogP contribution in [0, 0.1) is 0 Å². The SMILES string of the molecule is CNc1cc(-c2ccc(C(C)C)cc2OC)ncn1. The van der Waals surface area contributed by atoms with E-state index in [1.54, 1.807) is 13.4 Å². The lowest BCUT2D eigenvalue weighted by molar-refractivity contribution is 0.415. The third-order valence-corrected chi connectivity index (χ3v) is 3.09. The Labute approximate surface area is 113 Å². The molecule has 2 aromatic rings. The molecule has 0 bridgehead atoms. The Morgan fingerprint density at radius 3 is 2.58 bits per heavy atom. The molecule has 0 fully saturated rings. The Morgan fingerprint density at radius 1 is 1.16 bits per heavy atom. The van der Waals surface area contributed by atoms with Crippen molar-refractivity contribution in [3.8, 4) is 17.0 Å². The molecule has 0 spiro atoms. The second kappa shape index (κ2) is 5.69. The predicted molar refractivity (Wildman–Crippen MR) is 77.7 cm³/mol. The zero-order chi connectivity index (χ0) is 13.8. The highest BCUT2D eigenvalue weighted by atomic mass is 16.5. The van der Waals surface area contributed by atoms with Crippen LogP contribution >= 0.6 is 0 Å². The van der Waals surface area contributed by atoms with Crippen LogP contribution in [0.15, 0.2) is 30.6 Å². The fourth-order valence-corrected chi connectivity index (χ4v) is 1.92. The topological polar surface area (TPSA) is 47.0 Å². The minimum absolute atomic E-state index is 0.473. The lowest BCUT2D eigenvalue weighted by Crippen LogP contribution is -1.97. The van der Waals surface area contributed by atoms with Gasteiger partial charge < -0.3 is 10.1 Å². The predicted octanol–water partition coefficient (Wildman–Crippen LogP) is 3.32. The molecule has 0 amide bonds. The fraction of sp³-hybridized carbons (Fsp3) is 0.333. The van der Waals surface area contributed by atoms with Crippen LogP contribution < -0.4 is 10.1 Å². The van der Waals surface area contributed by atoms with Gasteiger partial charge in [0.2, 0.25) is 0 Å². The van der Waals surface area contributed by atoms with Crippen LogP contribution in [0.4, 0.5) is 5.82 Å². The largest absolute Gasteiger partial charge is 0.496 e. The van der Waals surface area contributed by atoms with Gasteiger partial charge in [0.05, 0.1) is 12.8 Å². The number of aromatic nitrogens is 2. The molecule has 1 aromatic carbocycles. The highest BCUT2D eigenvalue weighted by Gasteiger charge is 2.10. The smallest absolute Gasteiger partial charge is 0.129 e. The monoisotopic (exact) mass is 257 g/mol. The van der Waals surface area contributed by atoms with Crippen LogP contribution in [0.25, 0.3) is 11.3 Å². The molecular weight excluding hydrogens is 238 g/mol. The molecule has 0 aliphatic carbocycles. The third kappa shape index (κ3) is 2.84. The van der Waals surface area contributed by atoms with Gasteiger partial charge in [-0.05, 0) is 23.6 Å². The summed E-state index contributed by atoms with van der Waals surface area (Å²) in [6.07, 6.45) is 1.55. The molecule has 1 heterocycles. The molecule has 1 N–H and O–H groups in total. The second-order valence-electron chi connectivity index (χ2n) is 4.65. The number of rotatable bonds is 4. The van der Waals surface area contributed by atoms with Crippen molar-refractivity contribution in [1.82, 2.24) is 9.97 Å². The lowest BCUT2D eigenvalue weighted by atomic mass is 9.99. The summed E-state index contributed by atoms with van der Waals surface area (Å²) in [6, 6.07) is 8.15. The van der Waals surface area contributed by atoms with Crippen molar-refractivity contribution < 1.29 is 4.74 Å². The van der Waals surface area contributed by atoms with Gasteiger partial charge in [-0.3, -0.25) is 0 Å². The first-order valence-corrected chi connectivity index (χ1v) is 6.33. The van der Waals surface area contributed by atoms with E-state index < -0.39 is 0 Å². The van der Waals surface area contributed by atoms with Crippen LogP contribution in [-0.2, 0) is 0 Å². The molecule has 4 heteroatoms. The van der Waals surface area contributed by atoms with Gasteiger partial charge in [-0.15, -0.1) is 0 Å². The minimum Gasteiger partial charge on any atom is -0.496 e. The van der Waals surface area contributed by atoms with Gasteiger partial charge in [-0.1, -0.05) is 19.9 Å². The van der Waals surface area contributed by atoms with E-state index in [4.69, 9.17) is 4.74 Å². The van der Waals surface area contributed by atoms with Crippen LogP contribution in [0.1, 0.15) is 25.3 Å². The van der Waals surface area contributed by atoms with Crippen LogP contribution in [0.2, 0.25) is 0 Å². The number of hydrogen-bond donors (Lipinski definition) is 1. The first-order valence-electron chi connectivity index (χ1n) is 6.33. The lowest BCUT2D eigenvalue weighted by Gasteiger charge is -2.12. The van der Waals surface area contributed by atoms with Gasteiger partial charge in [0, 0.05) is 18.7 Å². The summed E-state index contributed by atoms with van der Waals surface area (Å²) < 4.78 is 5.48. The van der Waals surface area contributed by atoms with Crippen LogP contribution in [-0.4, -0.2) is 24.1 Å². The number of benzene rings is 1. The summed E-state index contributed by atoms with van der Waals surface area (Å²) in [6.45, 7) is 4.33. The number of ether oxygens (including phenoxy) is 1. The van der Waals surface area contributed by atoms with Crippen molar-refractivity contribution in [3.63, 3.8) is 0 Å². The van der Waals surface area contributed by atoms with Gasteiger partial charge >= 0.3 is 0 Å². The second-order valence-corrected chi connectivity index (χ2v) is 4.65. The Kier molecular flexibility index (Phi) is 4.00. The maximum Gasteiger partial charge on any atom is 0.129 e. The highest BCUT2D eigenvalue weighted by molar-refractivity contribution is 5.69. The Morgan fingerprint density at radius 2 is 1.95 bits per heavy atom. The average molecular weight is 257 g/mol. The first-order chi connectivity index (χ1) is 9.15. The number of nitrogens with zero attached hydrogens (tertiary/aromatic N) is 2. The summed E-state index contributed by atoms with van der Waals surface area (Å²) in [5, 5.41) is 3.01. The molecule has 100 valence electrons. The van der Waals surface area contributed by atoms with E-state index in [9.17, 15) is 0 Å². The van der Waals surface area contributed by atoms with E-state index in [1.165, 1.54) is 5.56 Å². The van der Waals surface area contributed by atoms with Gasteiger partial charge in [0.15, 0.2) is 0 Å². The summed E-state index contributed by atoms with van der Waals surface area (Å²) in [4.78, 5) is 8.43. The number of anilines is 1. The van der Waals surface area contributed by atoms with Crippen molar-refractivity contribution >= 4 is 5.82 Å². The van der Waals surface area contributed by atoms with Gasteiger partial charge in [-0.2, -0.15) is 0 Å². The molecule has 1 aromatic heterocycles. The minimum atomic E-state index is 0.473. The standard InChI is InChI=1S/C15H19N3O/c1-10(2)11-5-6-12(14(7-11)19-4)13-8-15(16-3)18-9-17-13/h5-10H,1-4H3,(H,16,17,18). The third-order valence-electron chi connectivity index (χ3n) is 3.09. The molecule has 2 rings (SSSR count). The molecule has 0 saturated heterocycles. The number of hydrogen-bond acceptors (Lipinski definition) is 4. The summed E-state index contributed by atoms with van der Waals surface area (Å²) in [5.74, 6) is 2.10. The molecule has 0 aliphatic rings. The Balaban J connectivity index is 2.49. The van der Waals surface area contributed by atoms with Crippen molar-refractivity contribution in [2.75, 3.05) is 19.5 Å². The molecule has 4 nitrogen and oxygen atoms in total. The van der Waals surface area contributed by atoms with Gasteiger partial charge in [0.25, 0.3) is 0 Å². The highest BCUT2D eigenvalue weighted by Crippen LogP contribution is 2.32. The van der Waals surface area contributed by atoms with E-state index in [2.05, 4.69) is 47.3 Å². The van der Waals surface area contributed by atoms with Crippen molar-refractivity contribution in [3.05, 3.63) is 36.2 Å². The maximum absolute atomic E-state index is 5.48. The number of nitrogens with one attached hydrogen (secondary N) is 1. The average Bonchev–Trinajstić information content (AvgIpc) is 2.46. The van der Waals surface area contributed by atoms with Gasteiger partial charge in [0.1, 0.15) is 17.9 Å².